The lowest BCUT2D eigenvalue weighted by atomic mass is 10.2. The Morgan fingerprint density at radius 2 is 1.73 bits per heavy atom. The number of hydrogen-bond acceptors (Lipinski definition) is 8. The van der Waals surface area contributed by atoms with Crippen molar-refractivity contribution in [2.24, 2.45) is 0 Å². The van der Waals surface area contributed by atoms with E-state index in [1.165, 1.54) is 24.7 Å². The molecule has 2 amide bonds. The van der Waals surface area contributed by atoms with E-state index in [9.17, 15) is 22.8 Å². The second-order valence-electron chi connectivity index (χ2n) is 8.98. The number of alkyl halides is 3. The molecule has 0 saturated carbocycles. The monoisotopic (exact) mass is 573 g/mol. The van der Waals surface area contributed by atoms with Gasteiger partial charge in [0.05, 0.1) is 58.5 Å². The van der Waals surface area contributed by atoms with Crippen molar-refractivity contribution >= 4 is 35.1 Å². The third kappa shape index (κ3) is 6.18. The lowest BCUT2D eigenvalue weighted by Crippen LogP contribution is -2.27. The molecule has 2 N–H and O–H groups in total. The SMILES string of the molecule is C#Cc1cc(NC(=O)c2cnn(-c3cc(NC(=O)OC(C)(C)C)ncc3Cl)c2C(F)(F)F)cnc1-n1nccn1. The van der Waals surface area contributed by atoms with Crippen molar-refractivity contribution in [2.75, 3.05) is 10.6 Å². The van der Waals surface area contributed by atoms with Crippen LogP contribution in [0, 0.1) is 12.3 Å². The van der Waals surface area contributed by atoms with Crippen molar-refractivity contribution in [1.29, 1.82) is 0 Å². The van der Waals surface area contributed by atoms with Gasteiger partial charge in [-0.15, -0.1) is 11.2 Å². The number of aromatic nitrogens is 7. The van der Waals surface area contributed by atoms with Gasteiger partial charge in [0.15, 0.2) is 11.5 Å². The number of hydrogen-bond donors (Lipinski definition) is 2. The van der Waals surface area contributed by atoms with E-state index in [0.717, 1.165) is 23.3 Å². The van der Waals surface area contributed by atoms with E-state index >= 15 is 0 Å². The highest BCUT2D eigenvalue weighted by molar-refractivity contribution is 6.32. The number of pyridine rings is 2. The van der Waals surface area contributed by atoms with Gasteiger partial charge in [-0.2, -0.15) is 28.5 Å². The number of halogens is 4. The Morgan fingerprint density at radius 1 is 1.02 bits per heavy atom. The van der Waals surface area contributed by atoms with Crippen LogP contribution in [-0.4, -0.2) is 52.3 Å². The number of nitrogens with zero attached hydrogens (tertiary/aromatic N) is 7. The topological polar surface area (TPSA) is 142 Å². The van der Waals surface area contributed by atoms with Crippen LogP contribution in [0.15, 0.2) is 43.1 Å². The summed E-state index contributed by atoms with van der Waals surface area (Å²) in [6.07, 6.45) is 5.32. The Hall–Kier alpha value is -4.97. The average molecular weight is 574 g/mol. The zero-order valence-corrected chi connectivity index (χ0v) is 21.7. The van der Waals surface area contributed by atoms with E-state index in [0.29, 0.717) is 4.68 Å². The third-order valence-corrected chi connectivity index (χ3v) is 5.15. The van der Waals surface area contributed by atoms with Crippen LogP contribution >= 0.6 is 11.6 Å². The first-order valence-electron chi connectivity index (χ1n) is 11.2. The van der Waals surface area contributed by atoms with E-state index in [1.807, 2.05) is 0 Å². The molecule has 0 spiro atoms. The number of anilines is 2. The second-order valence-corrected chi connectivity index (χ2v) is 9.38. The van der Waals surface area contributed by atoms with Gasteiger partial charge in [0.2, 0.25) is 0 Å². The Morgan fingerprint density at radius 3 is 2.35 bits per heavy atom. The summed E-state index contributed by atoms with van der Waals surface area (Å²) in [6.45, 7) is 4.90. The first-order valence-corrected chi connectivity index (χ1v) is 11.6. The normalized spacial score (nSPS) is 11.6. The molecule has 0 bridgehead atoms. The minimum absolute atomic E-state index is 0.0144. The summed E-state index contributed by atoms with van der Waals surface area (Å²) < 4.78 is 48.3. The summed E-state index contributed by atoms with van der Waals surface area (Å²) in [6, 6.07) is 2.39. The van der Waals surface area contributed by atoms with E-state index < -0.39 is 35.0 Å². The molecule has 0 aliphatic heterocycles. The summed E-state index contributed by atoms with van der Waals surface area (Å²) in [5.41, 5.74) is -3.19. The van der Waals surface area contributed by atoms with Crippen molar-refractivity contribution in [3.8, 4) is 23.8 Å². The Balaban J connectivity index is 1.67. The molecule has 0 aliphatic rings. The number of rotatable bonds is 5. The van der Waals surface area contributed by atoms with E-state index in [1.54, 1.807) is 20.8 Å². The van der Waals surface area contributed by atoms with E-state index in [-0.39, 0.29) is 33.6 Å². The lowest BCUT2D eigenvalue weighted by molar-refractivity contribution is -0.143. The summed E-state index contributed by atoms with van der Waals surface area (Å²) in [5, 5.41) is 16.0. The highest BCUT2D eigenvalue weighted by Gasteiger charge is 2.41. The van der Waals surface area contributed by atoms with Gasteiger partial charge < -0.3 is 10.1 Å². The van der Waals surface area contributed by atoms with Gasteiger partial charge in [0.25, 0.3) is 5.91 Å². The molecule has 4 rings (SSSR count). The van der Waals surface area contributed by atoms with Gasteiger partial charge in [-0.05, 0) is 26.8 Å². The Labute approximate surface area is 229 Å². The highest BCUT2D eigenvalue weighted by atomic mass is 35.5. The average Bonchev–Trinajstić information content (AvgIpc) is 3.54. The number of carbonyl (C=O) groups excluding carboxylic acids is 2. The number of carbonyl (C=O) groups is 2. The molecule has 4 heterocycles. The van der Waals surface area contributed by atoms with Gasteiger partial charge in [-0.1, -0.05) is 17.5 Å². The third-order valence-electron chi connectivity index (χ3n) is 4.86. The van der Waals surface area contributed by atoms with Crippen LogP contribution in [0.1, 0.15) is 42.4 Å². The first kappa shape index (κ1) is 28.0. The van der Waals surface area contributed by atoms with Crippen molar-refractivity contribution in [2.45, 2.75) is 32.5 Å². The number of terminal acetylenes is 1. The van der Waals surface area contributed by atoms with Crippen molar-refractivity contribution in [3.63, 3.8) is 0 Å². The van der Waals surface area contributed by atoms with Gasteiger partial charge in [-0.25, -0.2) is 19.4 Å². The molecule has 40 heavy (non-hydrogen) atoms. The predicted octanol–water partition coefficient (Wildman–Crippen LogP) is 4.50. The zero-order chi connectivity index (χ0) is 29.2. The lowest BCUT2D eigenvalue weighted by Gasteiger charge is -2.19. The summed E-state index contributed by atoms with van der Waals surface area (Å²) in [4.78, 5) is 34.2. The highest BCUT2D eigenvalue weighted by Crippen LogP contribution is 2.36. The Bertz CT molecular complexity index is 1620. The molecule has 0 aliphatic carbocycles. The molecule has 206 valence electrons. The molecular formula is C24H19ClF3N9O3. The van der Waals surface area contributed by atoms with Crippen LogP contribution in [0.3, 0.4) is 0 Å². The zero-order valence-electron chi connectivity index (χ0n) is 21.0. The maximum atomic E-state index is 14.2. The molecule has 0 fully saturated rings. The van der Waals surface area contributed by atoms with Crippen LogP contribution in [-0.2, 0) is 10.9 Å². The number of ether oxygens (including phenoxy) is 1. The van der Waals surface area contributed by atoms with Gasteiger partial charge in [-0.3, -0.25) is 10.1 Å². The van der Waals surface area contributed by atoms with Crippen LogP contribution in [0.5, 0.6) is 0 Å². The first-order chi connectivity index (χ1) is 18.8. The minimum atomic E-state index is -5.05. The molecule has 16 heteroatoms. The molecule has 0 saturated heterocycles. The van der Waals surface area contributed by atoms with Crippen LogP contribution in [0.25, 0.3) is 11.5 Å². The summed E-state index contributed by atoms with van der Waals surface area (Å²) >= 11 is 6.13. The summed E-state index contributed by atoms with van der Waals surface area (Å²) in [7, 11) is 0. The van der Waals surface area contributed by atoms with E-state index in [4.69, 9.17) is 22.8 Å². The number of amides is 2. The fourth-order valence-corrected chi connectivity index (χ4v) is 3.54. The van der Waals surface area contributed by atoms with Crippen LogP contribution in [0.2, 0.25) is 5.02 Å². The molecule has 0 unspecified atom stereocenters. The second kappa shape index (κ2) is 10.7. The summed E-state index contributed by atoms with van der Waals surface area (Å²) in [5.74, 6) is 1.23. The maximum absolute atomic E-state index is 14.2. The van der Waals surface area contributed by atoms with Crippen molar-refractivity contribution in [1.82, 2.24) is 34.7 Å². The van der Waals surface area contributed by atoms with Crippen molar-refractivity contribution in [3.05, 3.63) is 65.0 Å². The minimum Gasteiger partial charge on any atom is -0.444 e. The van der Waals surface area contributed by atoms with Gasteiger partial charge in [0.1, 0.15) is 11.4 Å². The maximum Gasteiger partial charge on any atom is 0.434 e. The standard InChI is InChI=1S/C24H19ClF3N9O3/c1-5-13-8-14(10-30-20(13)37-31-6-7-32-37)34-21(38)15-11-33-36(19(15)24(26,27)28)17-9-18(29-12-16(17)25)35-22(39)40-23(2,3)4/h1,6-12H,2-4H3,(H,34,38)(H,29,35,39). The molecule has 12 nitrogen and oxygen atoms in total. The molecule has 0 aromatic carbocycles. The van der Waals surface area contributed by atoms with Gasteiger partial charge >= 0.3 is 12.3 Å². The fourth-order valence-electron chi connectivity index (χ4n) is 3.35. The quantitative estimate of drug-likeness (QED) is 0.333. The van der Waals surface area contributed by atoms with Crippen LogP contribution < -0.4 is 10.6 Å². The van der Waals surface area contributed by atoms with Gasteiger partial charge in [0, 0.05) is 6.07 Å². The molecule has 0 atom stereocenters. The molecule has 0 radical (unpaired) electrons. The number of nitrogens with one attached hydrogen (secondary N) is 2. The molecule has 4 aromatic rings. The van der Waals surface area contributed by atoms with Crippen molar-refractivity contribution < 1.29 is 27.5 Å². The van der Waals surface area contributed by atoms with E-state index in [2.05, 4.69) is 41.8 Å². The molecule has 4 aromatic heterocycles. The Kier molecular flexibility index (Phi) is 7.47. The fraction of sp³-hybridized carbons (Fsp3) is 0.208. The largest absolute Gasteiger partial charge is 0.444 e. The van der Waals surface area contributed by atoms with Crippen LogP contribution in [0.4, 0.5) is 29.5 Å². The predicted molar refractivity (Wildman–Crippen MR) is 136 cm³/mol. The smallest absolute Gasteiger partial charge is 0.434 e. The molecular weight excluding hydrogens is 555 g/mol.